The third kappa shape index (κ3) is 3.27. The Hall–Kier alpha value is -2.21. The lowest BCUT2D eigenvalue weighted by Gasteiger charge is -2.12. The van der Waals surface area contributed by atoms with Crippen LogP contribution in [0.3, 0.4) is 0 Å². The Kier molecular flexibility index (Phi) is 5.15. The van der Waals surface area contributed by atoms with Gasteiger partial charge in [-0.2, -0.15) is 0 Å². The zero-order valence-electron chi connectivity index (χ0n) is 12.7. The fourth-order valence-corrected chi connectivity index (χ4v) is 2.45. The predicted molar refractivity (Wildman–Crippen MR) is 81.8 cm³/mol. The highest BCUT2D eigenvalue weighted by Gasteiger charge is 2.22. The topological polar surface area (TPSA) is 48.4 Å². The molecular formula is C16H14ClF2NO3. The Morgan fingerprint density at radius 1 is 1.35 bits per heavy atom. The van der Waals surface area contributed by atoms with Crippen LogP contribution in [0.4, 0.5) is 8.78 Å². The number of esters is 1. The number of carbonyl (C=O) groups excluding carboxylic acids is 1. The van der Waals surface area contributed by atoms with E-state index < -0.39 is 17.6 Å². The Morgan fingerprint density at radius 3 is 2.61 bits per heavy atom. The summed E-state index contributed by atoms with van der Waals surface area (Å²) in [5, 5.41) is 0.00701. The van der Waals surface area contributed by atoms with E-state index in [0.717, 1.165) is 6.07 Å². The molecule has 122 valence electrons. The van der Waals surface area contributed by atoms with Gasteiger partial charge >= 0.3 is 5.97 Å². The molecular weight excluding hydrogens is 328 g/mol. The van der Waals surface area contributed by atoms with E-state index in [4.69, 9.17) is 21.1 Å². The van der Waals surface area contributed by atoms with Gasteiger partial charge in [-0.15, -0.1) is 0 Å². The first-order valence-electron chi connectivity index (χ1n) is 6.77. The van der Waals surface area contributed by atoms with Crippen LogP contribution in [-0.2, 0) is 4.74 Å². The number of carbonyl (C=O) groups is 1. The monoisotopic (exact) mass is 341 g/mol. The predicted octanol–water partition coefficient (Wildman–Crippen LogP) is 4.17. The zero-order chi connectivity index (χ0) is 17.1. The van der Waals surface area contributed by atoms with Crippen LogP contribution in [0.5, 0.6) is 5.75 Å². The maximum Gasteiger partial charge on any atom is 0.341 e. The third-order valence-corrected chi connectivity index (χ3v) is 3.46. The van der Waals surface area contributed by atoms with Crippen molar-refractivity contribution in [2.45, 2.75) is 13.8 Å². The van der Waals surface area contributed by atoms with Gasteiger partial charge in [-0.3, -0.25) is 4.98 Å². The van der Waals surface area contributed by atoms with Crippen LogP contribution >= 0.6 is 11.6 Å². The average molecular weight is 342 g/mol. The van der Waals surface area contributed by atoms with Gasteiger partial charge in [-0.05, 0) is 32.0 Å². The van der Waals surface area contributed by atoms with Crippen molar-refractivity contribution < 1.29 is 23.0 Å². The average Bonchev–Trinajstić information content (AvgIpc) is 2.47. The number of halogens is 3. The van der Waals surface area contributed by atoms with Gasteiger partial charge in [0.2, 0.25) is 0 Å². The number of nitrogens with zero attached hydrogens (tertiary/aromatic N) is 1. The third-order valence-electron chi connectivity index (χ3n) is 3.16. The van der Waals surface area contributed by atoms with Crippen LogP contribution in [0.1, 0.15) is 23.0 Å². The molecule has 0 radical (unpaired) electrons. The smallest absolute Gasteiger partial charge is 0.341 e. The second kappa shape index (κ2) is 6.91. The van der Waals surface area contributed by atoms with E-state index in [0.29, 0.717) is 0 Å². The minimum atomic E-state index is -0.889. The molecule has 1 heterocycles. The van der Waals surface area contributed by atoms with E-state index in [1.807, 2.05) is 0 Å². The van der Waals surface area contributed by atoms with Crippen LogP contribution in [0, 0.1) is 18.6 Å². The molecule has 2 aromatic rings. The van der Waals surface area contributed by atoms with Gasteiger partial charge in [0.1, 0.15) is 5.82 Å². The number of aromatic nitrogens is 1. The van der Waals surface area contributed by atoms with Gasteiger partial charge in [-0.25, -0.2) is 13.6 Å². The van der Waals surface area contributed by atoms with Gasteiger partial charge in [0.15, 0.2) is 11.6 Å². The van der Waals surface area contributed by atoms with Crippen molar-refractivity contribution in [1.82, 2.24) is 4.98 Å². The molecule has 0 N–H and O–H groups in total. The second-order valence-electron chi connectivity index (χ2n) is 4.61. The Morgan fingerprint density at radius 2 is 2.04 bits per heavy atom. The lowest BCUT2D eigenvalue weighted by molar-refractivity contribution is 0.0525. The molecule has 0 aliphatic rings. The summed E-state index contributed by atoms with van der Waals surface area (Å²) < 4.78 is 38.1. The van der Waals surface area contributed by atoms with Crippen molar-refractivity contribution in [3.8, 4) is 17.0 Å². The molecule has 0 saturated heterocycles. The number of ether oxygens (including phenoxy) is 2. The molecule has 0 saturated carbocycles. The number of methoxy groups -OCH3 is 1. The summed E-state index contributed by atoms with van der Waals surface area (Å²) in [7, 11) is 1.27. The quantitative estimate of drug-likeness (QED) is 0.783. The summed E-state index contributed by atoms with van der Waals surface area (Å²) >= 11 is 6.08. The van der Waals surface area contributed by atoms with E-state index in [1.165, 1.54) is 26.2 Å². The van der Waals surface area contributed by atoms with Crippen LogP contribution < -0.4 is 4.74 Å². The fraction of sp³-hybridized carbons (Fsp3) is 0.250. The second-order valence-corrected chi connectivity index (χ2v) is 5.02. The number of hydrogen-bond acceptors (Lipinski definition) is 4. The maximum absolute atomic E-state index is 14.3. The van der Waals surface area contributed by atoms with Crippen LogP contribution in [-0.4, -0.2) is 24.7 Å². The standard InChI is InChI=1S/C16H14ClF2NO3/c1-4-23-16(21)13-8(2)20-11(7-9(13)17)14-10(18)5-6-12(22-3)15(14)19/h5-7H,4H2,1-3H3. The molecule has 0 aliphatic carbocycles. The zero-order valence-corrected chi connectivity index (χ0v) is 13.5. The van der Waals surface area contributed by atoms with E-state index >= 15 is 0 Å². The molecule has 0 bridgehead atoms. The molecule has 23 heavy (non-hydrogen) atoms. The largest absolute Gasteiger partial charge is 0.494 e. The first-order valence-corrected chi connectivity index (χ1v) is 7.15. The number of hydrogen-bond donors (Lipinski definition) is 0. The minimum absolute atomic E-state index is 0.00701. The van der Waals surface area contributed by atoms with E-state index in [-0.39, 0.29) is 39.9 Å². The normalized spacial score (nSPS) is 10.5. The van der Waals surface area contributed by atoms with E-state index in [9.17, 15) is 13.6 Å². The maximum atomic E-state index is 14.3. The van der Waals surface area contributed by atoms with Crippen LogP contribution in [0.25, 0.3) is 11.3 Å². The Bertz CT molecular complexity index is 742. The molecule has 1 aromatic carbocycles. The van der Waals surface area contributed by atoms with Crippen molar-refractivity contribution in [3.05, 3.63) is 46.1 Å². The number of benzene rings is 1. The molecule has 0 spiro atoms. The van der Waals surface area contributed by atoms with E-state index in [2.05, 4.69) is 4.98 Å². The molecule has 1 aromatic heterocycles. The van der Waals surface area contributed by atoms with Gasteiger partial charge in [-0.1, -0.05) is 11.6 Å². The van der Waals surface area contributed by atoms with Crippen molar-refractivity contribution in [1.29, 1.82) is 0 Å². The summed E-state index contributed by atoms with van der Waals surface area (Å²) in [5.41, 5.74) is -0.118. The molecule has 0 atom stereocenters. The first kappa shape index (κ1) is 17.1. The summed E-state index contributed by atoms with van der Waals surface area (Å²) in [4.78, 5) is 15.9. The Balaban J connectivity index is 2.62. The summed E-state index contributed by atoms with van der Waals surface area (Å²) in [6.45, 7) is 3.34. The minimum Gasteiger partial charge on any atom is -0.494 e. The van der Waals surface area contributed by atoms with Crippen molar-refractivity contribution >= 4 is 17.6 Å². The molecule has 0 aliphatic heterocycles. The highest BCUT2D eigenvalue weighted by molar-refractivity contribution is 6.34. The lowest BCUT2D eigenvalue weighted by Crippen LogP contribution is -2.09. The number of aryl methyl sites for hydroxylation is 1. The lowest BCUT2D eigenvalue weighted by atomic mass is 10.1. The summed E-state index contributed by atoms with van der Waals surface area (Å²) in [6.07, 6.45) is 0. The Labute approximate surface area is 137 Å². The molecule has 7 heteroatoms. The highest BCUT2D eigenvalue weighted by atomic mass is 35.5. The van der Waals surface area contributed by atoms with Gasteiger partial charge in [0, 0.05) is 0 Å². The molecule has 0 fully saturated rings. The first-order chi connectivity index (χ1) is 10.9. The van der Waals surface area contributed by atoms with E-state index in [1.54, 1.807) is 6.92 Å². The van der Waals surface area contributed by atoms with Crippen molar-refractivity contribution in [2.75, 3.05) is 13.7 Å². The van der Waals surface area contributed by atoms with Crippen LogP contribution in [0.15, 0.2) is 18.2 Å². The number of rotatable bonds is 4. The molecule has 0 unspecified atom stereocenters. The SMILES string of the molecule is CCOC(=O)c1c(Cl)cc(-c2c(F)ccc(OC)c2F)nc1C. The molecule has 0 amide bonds. The fourth-order valence-electron chi connectivity index (χ4n) is 2.14. The number of pyridine rings is 1. The highest BCUT2D eigenvalue weighted by Crippen LogP contribution is 2.33. The van der Waals surface area contributed by atoms with Gasteiger partial charge < -0.3 is 9.47 Å². The molecule has 2 rings (SSSR count). The van der Waals surface area contributed by atoms with Crippen molar-refractivity contribution in [3.63, 3.8) is 0 Å². The summed E-state index contributed by atoms with van der Waals surface area (Å²) in [5.74, 6) is -2.46. The summed E-state index contributed by atoms with van der Waals surface area (Å²) in [6, 6.07) is 3.47. The van der Waals surface area contributed by atoms with Gasteiger partial charge in [0.25, 0.3) is 0 Å². The molecule has 4 nitrogen and oxygen atoms in total. The van der Waals surface area contributed by atoms with Gasteiger partial charge in [0.05, 0.1) is 41.3 Å². The van der Waals surface area contributed by atoms with Crippen molar-refractivity contribution in [2.24, 2.45) is 0 Å². The van der Waals surface area contributed by atoms with Crippen LogP contribution in [0.2, 0.25) is 5.02 Å².